The molecule has 1 aliphatic heterocycles. The molecule has 0 aliphatic carbocycles. The second-order valence-corrected chi connectivity index (χ2v) is 5.64. The Kier molecular flexibility index (Phi) is 9.24. The lowest BCUT2D eigenvalue weighted by Crippen LogP contribution is -2.46. The molecule has 1 saturated heterocycles. The maximum absolute atomic E-state index is 13.4. The van der Waals surface area contributed by atoms with Crippen LogP contribution >= 0.6 is 40.7 Å². The van der Waals surface area contributed by atoms with Crippen LogP contribution in [-0.2, 0) is 0 Å². The van der Waals surface area contributed by atoms with Crippen molar-refractivity contribution in [3.8, 4) is 0 Å². The largest absolute Gasteiger partial charge is 0.390 e. The summed E-state index contributed by atoms with van der Waals surface area (Å²) in [6, 6.07) is 3.01. The second-order valence-electron chi connectivity index (χ2n) is 4.79. The zero-order valence-corrected chi connectivity index (χ0v) is 14.7. The molecule has 0 saturated carbocycles. The van der Waals surface area contributed by atoms with Crippen LogP contribution in [0.5, 0.6) is 0 Å². The average Bonchev–Trinajstić information content (AvgIpc) is 2.39. The topological polar surface area (TPSA) is 15.3 Å². The lowest BCUT2D eigenvalue weighted by atomic mass is 10.0. The molecule has 2 rings (SSSR count). The Balaban J connectivity index is 0.00000220. The van der Waals surface area contributed by atoms with E-state index < -0.39 is 24.5 Å². The van der Waals surface area contributed by atoms with Crippen molar-refractivity contribution in [1.82, 2.24) is 10.2 Å². The predicted molar refractivity (Wildman–Crippen MR) is 86.5 cm³/mol. The lowest BCUT2D eigenvalue weighted by Gasteiger charge is -2.36. The van der Waals surface area contributed by atoms with Gasteiger partial charge >= 0.3 is 6.18 Å². The number of rotatable bonds is 3. The van der Waals surface area contributed by atoms with Crippen LogP contribution in [-0.4, -0.2) is 37.3 Å². The van der Waals surface area contributed by atoms with Gasteiger partial charge in [0.15, 0.2) is 0 Å². The van der Waals surface area contributed by atoms with Gasteiger partial charge in [-0.1, -0.05) is 15.9 Å². The SMILES string of the molecule is Cl.Cl.Fc1ccc(Br)c([C@@H](CC(F)(F)F)N2CCNCC2)c1. The monoisotopic (exact) mass is 426 g/mol. The van der Waals surface area contributed by atoms with Crippen LogP contribution in [0, 0.1) is 5.82 Å². The number of hydrogen-bond donors (Lipinski definition) is 1. The summed E-state index contributed by atoms with van der Waals surface area (Å²) in [5.74, 6) is -0.523. The first-order valence-electron chi connectivity index (χ1n) is 6.33. The molecule has 1 aromatic carbocycles. The van der Waals surface area contributed by atoms with Gasteiger partial charge in [-0.2, -0.15) is 13.2 Å². The summed E-state index contributed by atoms with van der Waals surface area (Å²) in [6.07, 6.45) is -5.27. The van der Waals surface area contributed by atoms with Gasteiger partial charge in [-0.3, -0.25) is 4.90 Å². The molecule has 9 heteroatoms. The van der Waals surface area contributed by atoms with Crippen molar-refractivity contribution in [3.63, 3.8) is 0 Å². The number of benzene rings is 1. The molecule has 1 fully saturated rings. The molecule has 1 atom stereocenters. The second kappa shape index (κ2) is 9.27. The van der Waals surface area contributed by atoms with Crippen molar-refractivity contribution in [2.24, 2.45) is 0 Å². The van der Waals surface area contributed by atoms with Crippen molar-refractivity contribution in [3.05, 3.63) is 34.1 Å². The maximum atomic E-state index is 13.4. The zero-order chi connectivity index (χ0) is 14.8. The van der Waals surface area contributed by atoms with Crippen molar-refractivity contribution in [2.45, 2.75) is 18.6 Å². The van der Waals surface area contributed by atoms with Crippen molar-refractivity contribution in [2.75, 3.05) is 26.2 Å². The number of nitrogens with one attached hydrogen (secondary N) is 1. The van der Waals surface area contributed by atoms with Gasteiger partial charge in [-0.15, -0.1) is 24.8 Å². The Morgan fingerprint density at radius 2 is 1.77 bits per heavy atom. The van der Waals surface area contributed by atoms with E-state index >= 15 is 0 Å². The molecular weight excluding hydrogens is 411 g/mol. The summed E-state index contributed by atoms with van der Waals surface area (Å²) >= 11 is 3.23. The number of piperazine rings is 1. The van der Waals surface area contributed by atoms with Crippen molar-refractivity contribution >= 4 is 40.7 Å². The molecule has 0 radical (unpaired) electrons. The number of halogens is 7. The molecule has 1 N–H and O–H groups in total. The fourth-order valence-corrected chi connectivity index (χ4v) is 2.93. The minimum absolute atomic E-state index is 0. The van der Waals surface area contributed by atoms with Gasteiger partial charge in [-0.25, -0.2) is 4.39 Å². The highest BCUT2D eigenvalue weighted by atomic mass is 79.9. The van der Waals surface area contributed by atoms with Crippen LogP contribution in [0.3, 0.4) is 0 Å². The molecule has 0 unspecified atom stereocenters. The fraction of sp³-hybridized carbons (Fsp3) is 0.538. The average molecular weight is 428 g/mol. The number of hydrogen-bond acceptors (Lipinski definition) is 2. The Labute approximate surface area is 147 Å². The van der Waals surface area contributed by atoms with Crippen LogP contribution in [0.2, 0.25) is 0 Å². The molecule has 1 heterocycles. The highest BCUT2D eigenvalue weighted by Gasteiger charge is 2.36. The van der Waals surface area contributed by atoms with Crippen molar-refractivity contribution in [1.29, 1.82) is 0 Å². The summed E-state index contributed by atoms with van der Waals surface area (Å²) < 4.78 is 52.4. The van der Waals surface area contributed by atoms with Crippen LogP contribution < -0.4 is 5.32 Å². The smallest absolute Gasteiger partial charge is 0.314 e. The first-order valence-corrected chi connectivity index (χ1v) is 7.12. The van der Waals surface area contributed by atoms with Gasteiger partial charge in [0, 0.05) is 36.7 Å². The molecule has 0 amide bonds. The van der Waals surface area contributed by atoms with E-state index in [1.54, 1.807) is 4.90 Å². The van der Waals surface area contributed by atoms with E-state index in [1.807, 2.05) is 0 Å². The third-order valence-electron chi connectivity index (χ3n) is 3.33. The quantitative estimate of drug-likeness (QED) is 0.722. The Morgan fingerprint density at radius 1 is 1.18 bits per heavy atom. The number of alkyl halides is 3. The standard InChI is InChI=1S/C13H15BrF4N2.2ClH/c14-11-2-1-9(15)7-10(11)12(8-13(16,17)18)20-5-3-19-4-6-20;;/h1-2,7,12,19H,3-6,8H2;2*1H/t12-;;/m1../s1. The van der Waals surface area contributed by atoms with E-state index in [0.29, 0.717) is 36.2 Å². The molecule has 2 nitrogen and oxygen atoms in total. The predicted octanol–water partition coefficient (Wildman–Crippen LogP) is 4.33. The van der Waals surface area contributed by atoms with Gasteiger partial charge in [0.2, 0.25) is 0 Å². The van der Waals surface area contributed by atoms with Crippen molar-refractivity contribution < 1.29 is 17.6 Å². The van der Waals surface area contributed by atoms with E-state index in [-0.39, 0.29) is 24.8 Å². The van der Waals surface area contributed by atoms with Gasteiger partial charge in [-0.05, 0) is 23.8 Å². The Morgan fingerprint density at radius 3 is 2.32 bits per heavy atom. The Hall–Kier alpha value is -0.0800. The Bertz CT molecular complexity index is 468. The normalized spacial score (nSPS) is 17.3. The summed E-state index contributed by atoms with van der Waals surface area (Å²) in [5, 5.41) is 3.10. The van der Waals surface area contributed by atoms with E-state index in [1.165, 1.54) is 18.2 Å². The third kappa shape index (κ3) is 6.20. The van der Waals surface area contributed by atoms with Crippen LogP contribution in [0.25, 0.3) is 0 Å². The molecule has 1 aliphatic rings. The summed E-state index contributed by atoms with van der Waals surface area (Å²) in [6.45, 7) is 2.32. The molecule has 0 spiro atoms. The molecule has 22 heavy (non-hydrogen) atoms. The number of nitrogens with zero attached hydrogens (tertiary/aromatic N) is 1. The summed E-state index contributed by atoms with van der Waals surface area (Å²) in [5.41, 5.74) is 0.351. The van der Waals surface area contributed by atoms with Crippen LogP contribution in [0.4, 0.5) is 17.6 Å². The summed E-state index contributed by atoms with van der Waals surface area (Å²) in [7, 11) is 0. The lowest BCUT2D eigenvalue weighted by molar-refractivity contribution is -0.148. The van der Waals surface area contributed by atoms with Gasteiger partial charge in [0.25, 0.3) is 0 Å². The fourth-order valence-electron chi connectivity index (χ4n) is 2.42. The highest BCUT2D eigenvalue weighted by molar-refractivity contribution is 9.10. The zero-order valence-electron chi connectivity index (χ0n) is 11.5. The minimum atomic E-state index is -4.29. The molecule has 128 valence electrons. The van der Waals surface area contributed by atoms with Crippen LogP contribution in [0.1, 0.15) is 18.0 Å². The van der Waals surface area contributed by atoms with E-state index in [9.17, 15) is 17.6 Å². The van der Waals surface area contributed by atoms with Gasteiger partial charge in [0.05, 0.1) is 6.42 Å². The molecular formula is C13H17BrCl2F4N2. The first-order chi connectivity index (χ1) is 9.37. The van der Waals surface area contributed by atoms with E-state index in [0.717, 1.165) is 0 Å². The van der Waals surface area contributed by atoms with Gasteiger partial charge < -0.3 is 5.32 Å². The molecule has 1 aromatic rings. The van der Waals surface area contributed by atoms with Gasteiger partial charge in [0.1, 0.15) is 5.82 Å². The molecule has 0 aromatic heterocycles. The highest BCUT2D eigenvalue weighted by Crippen LogP contribution is 2.37. The van der Waals surface area contributed by atoms with E-state index in [2.05, 4.69) is 21.2 Å². The molecule has 0 bridgehead atoms. The maximum Gasteiger partial charge on any atom is 0.390 e. The third-order valence-corrected chi connectivity index (χ3v) is 4.06. The van der Waals surface area contributed by atoms with E-state index in [4.69, 9.17) is 0 Å². The first kappa shape index (κ1) is 21.9. The van der Waals surface area contributed by atoms with Crippen LogP contribution in [0.15, 0.2) is 22.7 Å². The summed E-state index contributed by atoms with van der Waals surface area (Å²) in [4.78, 5) is 1.75. The minimum Gasteiger partial charge on any atom is -0.314 e.